The van der Waals surface area contributed by atoms with Crippen molar-refractivity contribution >= 4 is 0 Å². The molecule has 1 saturated carbocycles. The van der Waals surface area contributed by atoms with E-state index in [1.54, 1.807) is 0 Å². The van der Waals surface area contributed by atoms with Crippen LogP contribution in [0.25, 0.3) is 0 Å². The summed E-state index contributed by atoms with van der Waals surface area (Å²) in [6.45, 7) is 14.5. The maximum absolute atomic E-state index is 5.82. The fraction of sp³-hybridized carbons (Fsp3) is 1.00. The van der Waals surface area contributed by atoms with Crippen LogP contribution in [0.4, 0.5) is 0 Å². The zero-order valence-electron chi connectivity index (χ0n) is 13.1. The molecule has 2 atom stereocenters. The Morgan fingerprint density at radius 3 is 2.61 bits per heavy atom. The summed E-state index contributed by atoms with van der Waals surface area (Å²) in [5, 5.41) is 3.61. The second kappa shape index (κ2) is 7.49. The quantitative estimate of drug-likeness (QED) is 0.698. The molecule has 0 saturated heterocycles. The molecule has 0 aromatic heterocycles. The number of nitrogens with one attached hydrogen (secondary N) is 1. The van der Waals surface area contributed by atoms with Gasteiger partial charge in [-0.3, -0.25) is 0 Å². The van der Waals surface area contributed by atoms with Gasteiger partial charge in [0.15, 0.2) is 0 Å². The zero-order valence-corrected chi connectivity index (χ0v) is 13.1. The van der Waals surface area contributed by atoms with Crippen LogP contribution in [0.1, 0.15) is 60.3 Å². The fourth-order valence-corrected chi connectivity index (χ4v) is 3.02. The molecule has 1 aliphatic rings. The number of hydrogen-bond donors (Lipinski definition) is 1. The Morgan fingerprint density at radius 2 is 2.00 bits per heavy atom. The van der Waals surface area contributed by atoms with E-state index in [9.17, 15) is 0 Å². The third-order valence-corrected chi connectivity index (χ3v) is 4.14. The molecule has 1 N–H and O–H groups in total. The van der Waals surface area contributed by atoms with Crippen molar-refractivity contribution < 1.29 is 4.74 Å². The van der Waals surface area contributed by atoms with Gasteiger partial charge in [0.05, 0.1) is 0 Å². The van der Waals surface area contributed by atoms with Gasteiger partial charge in [-0.05, 0) is 49.5 Å². The molecular formula is C16H33NO. The molecule has 2 nitrogen and oxygen atoms in total. The van der Waals surface area contributed by atoms with E-state index >= 15 is 0 Å². The molecule has 0 aromatic carbocycles. The number of ether oxygens (including phenoxy) is 1. The number of hydrogen-bond acceptors (Lipinski definition) is 2. The van der Waals surface area contributed by atoms with Gasteiger partial charge in [-0.2, -0.15) is 0 Å². The Labute approximate surface area is 114 Å². The standard InChI is InChI=1S/C16H33NO/c1-6-9-18-12-15-10-16(4,5)8-7-14(15)11-17-13(2)3/h13-15,17H,6-12H2,1-5H3. The molecular weight excluding hydrogens is 222 g/mol. The third kappa shape index (κ3) is 5.71. The van der Waals surface area contributed by atoms with Gasteiger partial charge in [0.25, 0.3) is 0 Å². The predicted octanol–water partition coefficient (Wildman–Crippen LogP) is 3.85. The molecule has 108 valence electrons. The first-order valence-corrected chi connectivity index (χ1v) is 7.75. The predicted molar refractivity (Wildman–Crippen MR) is 78.9 cm³/mol. The van der Waals surface area contributed by atoms with Crippen molar-refractivity contribution in [1.82, 2.24) is 5.32 Å². The van der Waals surface area contributed by atoms with Gasteiger partial charge in [-0.1, -0.05) is 34.6 Å². The Bertz CT molecular complexity index is 223. The van der Waals surface area contributed by atoms with Crippen molar-refractivity contribution in [2.75, 3.05) is 19.8 Å². The fourth-order valence-electron chi connectivity index (χ4n) is 3.02. The molecule has 2 heteroatoms. The lowest BCUT2D eigenvalue weighted by atomic mass is 9.67. The lowest BCUT2D eigenvalue weighted by Crippen LogP contribution is -2.39. The summed E-state index contributed by atoms with van der Waals surface area (Å²) in [6, 6.07) is 0.595. The Kier molecular flexibility index (Phi) is 6.65. The molecule has 2 unspecified atom stereocenters. The maximum atomic E-state index is 5.82. The van der Waals surface area contributed by atoms with Crippen LogP contribution < -0.4 is 5.32 Å². The molecule has 0 aromatic rings. The highest BCUT2D eigenvalue weighted by Crippen LogP contribution is 2.41. The van der Waals surface area contributed by atoms with E-state index in [-0.39, 0.29) is 0 Å². The van der Waals surface area contributed by atoms with Crippen LogP contribution >= 0.6 is 0 Å². The second-order valence-corrected chi connectivity index (χ2v) is 7.07. The van der Waals surface area contributed by atoms with Crippen LogP contribution in [0.2, 0.25) is 0 Å². The Hall–Kier alpha value is -0.0800. The molecule has 0 heterocycles. The van der Waals surface area contributed by atoms with Crippen molar-refractivity contribution in [3.8, 4) is 0 Å². The van der Waals surface area contributed by atoms with Crippen molar-refractivity contribution in [3.05, 3.63) is 0 Å². The minimum atomic E-state index is 0.509. The summed E-state index contributed by atoms with van der Waals surface area (Å²) in [5.74, 6) is 1.55. The molecule has 1 rings (SSSR count). The highest BCUT2D eigenvalue weighted by atomic mass is 16.5. The average Bonchev–Trinajstić information content (AvgIpc) is 2.27. The van der Waals surface area contributed by atoms with Gasteiger partial charge in [0.1, 0.15) is 0 Å². The molecule has 18 heavy (non-hydrogen) atoms. The SMILES string of the molecule is CCCOCC1CC(C)(C)CCC1CNC(C)C. The van der Waals surface area contributed by atoms with E-state index in [1.807, 2.05) is 0 Å². The zero-order chi connectivity index (χ0) is 13.6. The first kappa shape index (κ1) is 16.0. The van der Waals surface area contributed by atoms with Crippen LogP contribution in [0.15, 0.2) is 0 Å². The summed E-state index contributed by atoms with van der Waals surface area (Å²) in [6.07, 6.45) is 5.17. The molecule has 1 fully saturated rings. The van der Waals surface area contributed by atoms with E-state index in [0.29, 0.717) is 11.5 Å². The third-order valence-electron chi connectivity index (χ3n) is 4.14. The van der Waals surface area contributed by atoms with Crippen molar-refractivity contribution in [3.63, 3.8) is 0 Å². The first-order valence-electron chi connectivity index (χ1n) is 7.75. The van der Waals surface area contributed by atoms with Gasteiger partial charge in [-0.25, -0.2) is 0 Å². The van der Waals surface area contributed by atoms with Crippen LogP contribution in [0.3, 0.4) is 0 Å². The van der Waals surface area contributed by atoms with E-state index in [4.69, 9.17) is 4.74 Å². The summed E-state index contributed by atoms with van der Waals surface area (Å²) < 4.78 is 5.82. The minimum Gasteiger partial charge on any atom is -0.381 e. The largest absolute Gasteiger partial charge is 0.381 e. The first-order chi connectivity index (χ1) is 8.44. The van der Waals surface area contributed by atoms with E-state index in [2.05, 4.69) is 39.9 Å². The molecule has 0 aliphatic heterocycles. The molecule has 0 amide bonds. The lowest BCUT2D eigenvalue weighted by molar-refractivity contribution is 0.0245. The Balaban J connectivity index is 2.45. The molecule has 0 bridgehead atoms. The highest BCUT2D eigenvalue weighted by Gasteiger charge is 2.34. The van der Waals surface area contributed by atoms with Gasteiger partial charge >= 0.3 is 0 Å². The van der Waals surface area contributed by atoms with E-state index in [1.165, 1.54) is 19.3 Å². The van der Waals surface area contributed by atoms with E-state index < -0.39 is 0 Å². The van der Waals surface area contributed by atoms with Gasteiger partial charge in [-0.15, -0.1) is 0 Å². The second-order valence-electron chi connectivity index (χ2n) is 7.07. The highest BCUT2D eigenvalue weighted by molar-refractivity contribution is 4.86. The normalized spacial score (nSPS) is 27.7. The number of rotatable bonds is 7. The van der Waals surface area contributed by atoms with Gasteiger partial charge < -0.3 is 10.1 Å². The van der Waals surface area contributed by atoms with Gasteiger partial charge in [0.2, 0.25) is 0 Å². The van der Waals surface area contributed by atoms with E-state index in [0.717, 1.165) is 38.0 Å². The summed E-state index contributed by atoms with van der Waals surface area (Å²) in [4.78, 5) is 0. The van der Waals surface area contributed by atoms with Crippen LogP contribution in [-0.2, 0) is 4.74 Å². The monoisotopic (exact) mass is 255 g/mol. The molecule has 1 aliphatic carbocycles. The topological polar surface area (TPSA) is 21.3 Å². The Morgan fingerprint density at radius 1 is 1.28 bits per heavy atom. The van der Waals surface area contributed by atoms with Crippen molar-refractivity contribution in [2.45, 2.75) is 66.3 Å². The van der Waals surface area contributed by atoms with Crippen molar-refractivity contribution in [2.24, 2.45) is 17.3 Å². The summed E-state index contributed by atoms with van der Waals surface area (Å²) in [5.41, 5.74) is 0.509. The molecule has 0 radical (unpaired) electrons. The lowest BCUT2D eigenvalue weighted by Gasteiger charge is -2.41. The molecule has 0 spiro atoms. The maximum Gasteiger partial charge on any atom is 0.0497 e. The van der Waals surface area contributed by atoms with Crippen molar-refractivity contribution in [1.29, 1.82) is 0 Å². The van der Waals surface area contributed by atoms with Crippen LogP contribution in [0, 0.1) is 17.3 Å². The smallest absolute Gasteiger partial charge is 0.0497 e. The summed E-state index contributed by atoms with van der Waals surface area (Å²) >= 11 is 0. The summed E-state index contributed by atoms with van der Waals surface area (Å²) in [7, 11) is 0. The minimum absolute atomic E-state index is 0.509. The van der Waals surface area contributed by atoms with Gasteiger partial charge in [0, 0.05) is 19.3 Å². The van der Waals surface area contributed by atoms with Crippen LogP contribution in [-0.4, -0.2) is 25.8 Å². The van der Waals surface area contributed by atoms with Crippen LogP contribution in [0.5, 0.6) is 0 Å². The average molecular weight is 255 g/mol.